The minimum Gasteiger partial charge on any atom is -0.329 e. The Balaban J connectivity index is 1.49. The van der Waals surface area contributed by atoms with Gasteiger partial charge in [-0.25, -0.2) is 9.97 Å². The second kappa shape index (κ2) is 7.96. The number of anilines is 1. The number of fused-ring (bicyclic) bond motifs is 1. The lowest BCUT2D eigenvalue weighted by atomic mass is 10.1. The summed E-state index contributed by atoms with van der Waals surface area (Å²) in [6, 6.07) is 8.35. The predicted octanol–water partition coefficient (Wildman–Crippen LogP) is 1.98. The molecule has 2 N–H and O–H groups in total. The number of aromatic nitrogens is 3. The number of thiazole rings is 1. The van der Waals surface area contributed by atoms with E-state index in [2.05, 4.69) is 20.3 Å². The van der Waals surface area contributed by atoms with Crippen LogP contribution in [0.4, 0.5) is 5.69 Å². The predicted molar refractivity (Wildman–Crippen MR) is 110 cm³/mol. The van der Waals surface area contributed by atoms with E-state index in [4.69, 9.17) is 0 Å². The first-order valence-electron chi connectivity index (χ1n) is 9.25. The number of H-pyrrole nitrogens is 1. The average molecular weight is 409 g/mol. The molecule has 9 heteroatoms. The SMILES string of the molecule is CCc1cc(=O)[nH]c(-c2cccc(NC(=O)C(=O)N3CCc4ncsc4C3)c2)n1. The summed E-state index contributed by atoms with van der Waals surface area (Å²) in [7, 11) is 0. The average Bonchev–Trinajstić information content (AvgIpc) is 3.20. The monoisotopic (exact) mass is 409 g/mol. The van der Waals surface area contributed by atoms with Crippen LogP contribution in [0.5, 0.6) is 0 Å². The van der Waals surface area contributed by atoms with Crippen molar-refractivity contribution in [1.82, 2.24) is 19.9 Å². The number of hydrogen-bond donors (Lipinski definition) is 2. The molecular weight excluding hydrogens is 390 g/mol. The van der Waals surface area contributed by atoms with Gasteiger partial charge in [-0.2, -0.15) is 0 Å². The molecule has 4 rings (SSSR count). The van der Waals surface area contributed by atoms with Crippen LogP contribution in [0, 0.1) is 0 Å². The molecule has 0 unspecified atom stereocenters. The van der Waals surface area contributed by atoms with Gasteiger partial charge in [0, 0.05) is 40.9 Å². The molecule has 8 nitrogen and oxygen atoms in total. The Bertz CT molecular complexity index is 1140. The number of hydrogen-bond acceptors (Lipinski definition) is 6. The second-order valence-corrected chi connectivity index (χ2v) is 7.61. The van der Waals surface area contributed by atoms with Crippen LogP contribution in [0.25, 0.3) is 11.4 Å². The molecule has 2 amide bonds. The van der Waals surface area contributed by atoms with Gasteiger partial charge in [0.2, 0.25) is 0 Å². The van der Waals surface area contributed by atoms with Gasteiger partial charge in [-0.05, 0) is 18.6 Å². The highest BCUT2D eigenvalue weighted by Gasteiger charge is 2.27. The minimum atomic E-state index is -0.695. The molecule has 29 heavy (non-hydrogen) atoms. The van der Waals surface area contributed by atoms with Crippen molar-refractivity contribution >= 4 is 28.8 Å². The van der Waals surface area contributed by atoms with Gasteiger partial charge in [0.1, 0.15) is 5.82 Å². The quantitative estimate of drug-likeness (QED) is 0.643. The topological polar surface area (TPSA) is 108 Å². The smallest absolute Gasteiger partial charge is 0.313 e. The van der Waals surface area contributed by atoms with Crippen LogP contribution in [0.1, 0.15) is 23.2 Å². The fourth-order valence-electron chi connectivity index (χ4n) is 3.19. The number of rotatable bonds is 3. The molecule has 2 aromatic heterocycles. The van der Waals surface area contributed by atoms with E-state index in [-0.39, 0.29) is 5.56 Å². The first-order valence-corrected chi connectivity index (χ1v) is 10.1. The van der Waals surface area contributed by atoms with Crippen LogP contribution < -0.4 is 10.9 Å². The number of carbonyl (C=O) groups excluding carboxylic acids is 2. The minimum absolute atomic E-state index is 0.232. The summed E-state index contributed by atoms with van der Waals surface area (Å²) in [4.78, 5) is 50.8. The molecule has 0 fully saturated rings. The molecule has 0 atom stereocenters. The molecule has 0 radical (unpaired) electrons. The third kappa shape index (κ3) is 4.09. The van der Waals surface area contributed by atoms with E-state index >= 15 is 0 Å². The molecule has 3 heterocycles. The number of aromatic amines is 1. The lowest BCUT2D eigenvalue weighted by molar-refractivity contribution is -0.143. The van der Waals surface area contributed by atoms with Gasteiger partial charge < -0.3 is 15.2 Å². The molecule has 1 aromatic carbocycles. The number of benzene rings is 1. The largest absolute Gasteiger partial charge is 0.329 e. The lowest BCUT2D eigenvalue weighted by Crippen LogP contribution is -2.42. The Kier molecular flexibility index (Phi) is 5.22. The van der Waals surface area contributed by atoms with E-state index in [9.17, 15) is 14.4 Å². The number of nitrogens with zero attached hydrogens (tertiary/aromatic N) is 3. The molecule has 148 valence electrons. The summed E-state index contributed by atoms with van der Waals surface area (Å²) >= 11 is 1.49. The van der Waals surface area contributed by atoms with Crippen molar-refractivity contribution in [3.05, 3.63) is 62.5 Å². The molecule has 0 saturated heterocycles. The standard InChI is InChI=1S/C20H19N5O3S/c1-2-13-9-17(26)24-18(22-13)12-4-3-5-14(8-12)23-19(27)20(28)25-7-6-15-16(10-25)29-11-21-15/h3-5,8-9,11H,2,6-7,10H2,1H3,(H,23,27)(H,22,24,26). The third-order valence-electron chi connectivity index (χ3n) is 4.71. The van der Waals surface area contributed by atoms with Crippen molar-refractivity contribution in [2.45, 2.75) is 26.3 Å². The molecule has 0 saturated carbocycles. The summed E-state index contributed by atoms with van der Waals surface area (Å²) in [6.45, 7) is 2.79. The van der Waals surface area contributed by atoms with E-state index in [1.807, 2.05) is 6.92 Å². The van der Waals surface area contributed by atoms with Crippen molar-refractivity contribution in [1.29, 1.82) is 0 Å². The summed E-state index contributed by atoms with van der Waals surface area (Å²) in [5, 5.41) is 2.65. The molecule has 1 aliphatic rings. The Morgan fingerprint density at radius 1 is 1.31 bits per heavy atom. The molecular formula is C20H19N5O3S. The highest BCUT2D eigenvalue weighted by molar-refractivity contribution is 7.09. The Morgan fingerprint density at radius 3 is 3.00 bits per heavy atom. The van der Waals surface area contributed by atoms with Crippen molar-refractivity contribution in [3.8, 4) is 11.4 Å². The van der Waals surface area contributed by atoms with E-state index in [0.717, 1.165) is 10.6 Å². The Labute approximate surface area is 170 Å². The maximum absolute atomic E-state index is 12.6. The normalized spacial score (nSPS) is 13.1. The second-order valence-electron chi connectivity index (χ2n) is 6.67. The van der Waals surface area contributed by atoms with Gasteiger partial charge in [0.25, 0.3) is 5.56 Å². The number of aryl methyl sites for hydroxylation is 1. The zero-order chi connectivity index (χ0) is 20.4. The van der Waals surface area contributed by atoms with Crippen molar-refractivity contribution in [2.75, 3.05) is 11.9 Å². The van der Waals surface area contributed by atoms with E-state index in [1.54, 1.807) is 29.8 Å². The lowest BCUT2D eigenvalue weighted by Gasteiger charge is -2.25. The van der Waals surface area contributed by atoms with E-state index in [0.29, 0.717) is 48.7 Å². The van der Waals surface area contributed by atoms with Gasteiger partial charge >= 0.3 is 11.8 Å². The van der Waals surface area contributed by atoms with Crippen LogP contribution in [0.3, 0.4) is 0 Å². The number of nitrogens with one attached hydrogen (secondary N) is 2. The van der Waals surface area contributed by atoms with E-state index < -0.39 is 11.8 Å². The highest BCUT2D eigenvalue weighted by atomic mass is 32.1. The van der Waals surface area contributed by atoms with Crippen LogP contribution >= 0.6 is 11.3 Å². The zero-order valence-corrected chi connectivity index (χ0v) is 16.6. The summed E-state index contributed by atoms with van der Waals surface area (Å²) in [5.41, 5.74) is 4.32. The van der Waals surface area contributed by atoms with Crippen LogP contribution in [0.15, 0.2) is 40.6 Å². The van der Waals surface area contributed by atoms with Crippen LogP contribution in [-0.4, -0.2) is 38.2 Å². The Morgan fingerprint density at radius 2 is 2.17 bits per heavy atom. The van der Waals surface area contributed by atoms with Crippen molar-refractivity contribution < 1.29 is 9.59 Å². The van der Waals surface area contributed by atoms with Crippen LogP contribution in [-0.2, 0) is 29.0 Å². The fraction of sp³-hybridized carbons (Fsp3) is 0.250. The molecule has 0 spiro atoms. The number of carbonyl (C=O) groups is 2. The first kappa shape index (κ1) is 19.0. The summed E-state index contributed by atoms with van der Waals surface area (Å²) < 4.78 is 0. The van der Waals surface area contributed by atoms with E-state index in [1.165, 1.54) is 22.3 Å². The maximum Gasteiger partial charge on any atom is 0.313 e. The molecule has 0 bridgehead atoms. The first-order chi connectivity index (χ1) is 14.0. The molecule has 1 aliphatic heterocycles. The van der Waals surface area contributed by atoms with Crippen molar-refractivity contribution in [3.63, 3.8) is 0 Å². The van der Waals surface area contributed by atoms with Crippen LogP contribution in [0.2, 0.25) is 0 Å². The van der Waals surface area contributed by atoms with Gasteiger partial charge in [-0.1, -0.05) is 19.1 Å². The summed E-state index contributed by atoms with van der Waals surface area (Å²) in [5.74, 6) is -0.849. The van der Waals surface area contributed by atoms with Gasteiger partial charge in [0.15, 0.2) is 0 Å². The number of amides is 2. The highest BCUT2D eigenvalue weighted by Crippen LogP contribution is 2.22. The van der Waals surface area contributed by atoms with Gasteiger partial charge in [-0.3, -0.25) is 14.4 Å². The van der Waals surface area contributed by atoms with Gasteiger partial charge in [0.05, 0.1) is 17.7 Å². The Hall–Kier alpha value is -3.33. The zero-order valence-electron chi connectivity index (χ0n) is 15.8. The molecule has 3 aromatic rings. The summed E-state index contributed by atoms with van der Waals surface area (Å²) in [6.07, 6.45) is 1.29. The molecule has 0 aliphatic carbocycles. The maximum atomic E-state index is 12.6. The van der Waals surface area contributed by atoms with Gasteiger partial charge in [-0.15, -0.1) is 11.3 Å². The van der Waals surface area contributed by atoms with Crippen molar-refractivity contribution in [2.24, 2.45) is 0 Å². The fourth-order valence-corrected chi connectivity index (χ4v) is 4.02. The third-order valence-corrected chi connectivity index (χ3v) is 5.57.